The fourth-order valence-corrected chi connectivity index (χ4v) is 6.43. The molecule has 1 unspecified atom stereocenters. The third-order valence-corrected chi connectivity index (χ3v) is 9.18. The quantitative estimate of drug-likeness (QED) is 0.0578. The highest BCUT2D eigenvalue weighted by Crippen LogP contribution is 2.48. The maximum Gasteiger partial charge on any atom is 0.277 e. The second kappa shape index (κ2) is 15.8. The Morgan fingerprint density at radius 3 is 2.29 bits per heavy atom. The summed E-state index contributed by atoms with van der Waals surface area (Å²) in [5.41, 5.74) is 4.80. The third kappa shape index (κ3) is 8.47. The van der Waals surface area contributed by atoms with Gasteiger partial charge in [-0.1, -0.05) is 37.3 Å². The SMILES string of the molecule is CCC(=O)c1c(-c2ccc(F)cc2)oc2cc(N(CCOCCOCCOC(C(=O)NO)c3ccccc3)S(C)(=O)=O)c(C3CC3)cc12. The molecule has 1 aliphatic rings. The summed E-state index contributed by atoms with van der Waals surface area (Å²) in [4.78, 5) is 25.1. The first-order chi connectivity index (χ1) is 23.1. The molecule has 4 aromatic rings. The molecule has 256 valence electrons. The van der Waals surface area contributed by atoms with Crippen LogP contribution in [0.25, 0.3) is 22.3 Å². The third-order valence-electron chi connectivity index (χ3n) is 8.00. The van der Waals surface area contributed by atoms with Gasteiger partial charge in [-0.2, -0.15) is 0 Å². The van der Waals surface area contributed by atoms with E-state index in [1.54, 1.807) is 60.9 Å². The molecule has 2 N–H and O–H groups in total. The summed E-state index contributed by atoms with van der Waals surface area (Å²) < 4.78 is 64.2. The minimum atomic E-state index is -3.74. The van der Waals surface area contributed by atoms with E-state index in [0.717, 1.165) is 24.7 Å². The Morgan fingerprint density at radius 1 is 1.00 bits per heavy atom. The van der Waals surface area contributed by atoms with Crippen LogP contribution in [0.2, 0.25) is 0 Å². The summed E-state index contributed by atoms with van der Waals surface area (Å²) in [6.07, 6.45) is 2.16. The molecule has 3 aromatic carbocycles. The lowest BCUT2D eigenvalue weighted by Gasteiger charge is -2.25. The molecule has 0 bridgehead atoms. The summed E-state index contributed by atoms with van der Waals surface area (Å²) >= 11 is 0. The summed E-state index contributed by atoms with van der Waals surface area (Å²) in [7, 11) is -3.74. The molecule has 1 atom stereocenters. The van der Waals surface area contributed by atoms with Gasteiger partial charge in [0, 0.05) is 23.4 Å². The van der Waals surface area contributed by atoms with E-state index in [1.165, 1.54) is 16.4 Å². The van der Waals surface area contributed by atoms with Crippen molar-refractivity contribution in [2.75, 3.05) is 50.1 Å². The van der Waals surface area contributed by atoms with E-state index in [-0.39, 0.29) is 57.7 Å². The van der Waals surface area contributed by atoms with E-state index < -0.39 is 27.9 Å². The monoisotopic (exact) mass is 682 g/mol. The molecular formula is C35H39FN2O9S. The number of benzene rings is 3. The van der Waals surface area contributed by atoms with Gasteiger partial charge in [0.1, 0.15) is 17.2 Å². The Labute approximate surface area is 278 Å². The number of hydroxylamine groups is 1. The van der Waals surface area contributed by atoms with Crippen molar-refractivity contribution in [3.8, 4) is 11.3 Å². The van der Waals surface area contributed by atoms with Crippen molar-refractivity contribution in [2.24, 2.45) is 0 Å². The zero-order chi connectivity index (χ0) is 34.3. The standard InChI is InChI=1S/C35H39FN2O9S/c1-3-30(39)32-28-21-27(23-9-10-23)29(22-31(28)47-33(32)25-11-13-26(36)14-12-25)38(48(2,42)43)15-16-44-17-18-45-19-20-46-34(35(40)37-41)24-7-5-4-6-8-24/h4-8,11-14,21-23,34,41H,3,9-10,15-20H2,1-2H3,(H,37,40). The first kappa shape index (κ1) is 35.2. The fourth-order valence-electron chi connectivity index (χ4n) is 5.51. The maximum absolute atomic E-state index is 13.7. The normalized spacial score (nSPS) is 13.8. The molecular weight excluding hydrogens is 643 g/mol. The topological polar surface area (TPSA) is 145 Å². The molecule has 5 rings (SSSR count). The minimum absolute atomic E-state index is 0.0362. The molecule has 1 heterocycles. The van der Waals surface area contributed by atoms with Crippen molar-refractivity contribution in [2.45, 2.75) is 38.2 Å². The first-order valence-corrected chi connectivity index (χ1v) is 17.6. The number of hydrogen-bond acceptors (Lipinski definition) is 9. The number of halogens is 1. The molecule has 1 saturated carbocycles. The number of nitrogens with zero attached hydrogens (tertiary/aromatic N) is 1. The number of furan rings is 1. The zero-order valence-corrected chi connectivity index (χ0v) is 27.6. The molecule has 11 nitrogen and oxygen atoms in total. The van der Waals surface area contributed by atoms with E-state index >= 15 is 0 Å². The number of amides is 1. The number of carbonyl (C=O) groups is 2. The van der Waals surface area contributed by atoms with Crippen molar-refractivity contribution in [1.82, 2.24) is 5.48 Å². The van der Waals surface area contributed by atoms with Gasteiger partial charge in [-0.05, 0) is 60.2 Å². The highest BCUT2D eigenvalue weighted by Gasteiger charge is 2.33. The van der Waals surface area contributed by atoms with Crippen LogP contribution in [0.1, 0.15) is 59.7 Å². The van der Waals surface area contributed by atoms with E-state index in [2.05, 4.69) is 0 Å². The average molecular weight is 683 g/mol. The Balaban J connectivity index is 1.23. The number of ether oxygens (including phenoxy) is 3. The van der Waals surface area contributed by atoms with Crippen LogP contribution in [-0.2, 0) is 29.0 Å². The number of rotatable bonds is 18. The zero-order valence-electron chi connectivity index (χ0n) is 26.8. The van der Waals surface area contributed by atoms with E-state index in [1.807, 2.05) is 6.07 Å². The summed E-state index contributed by atoms with van der Waals surface area (Å²) in [6.45, 7) is 2.52. The lowest BCUT2D eigenvalue weighted by molar-refractivity contribution is -0.143. The number of anilines is 1. The highest BCUT2D eigenvalue weighted by molar-refractivity contribution is 7.92. The van der Waals surface area contributed by atoms with E-state index in [0.29, 0.717) is 39.1 Å². The second-order valence-corrected chi connectivity index (χ2v) is 13.4. The molecule has 1 aliphatic carbocycles. The number of carbonyl (C=O) groups excluding carboxylic acids is 2. The second-order valence-electron chi connectivity index (χ2n) is 11.5. The van der Waals surface area contributed by atoms with Gasteiger partial charge in [0.05, 0.1) is 57.1 Å². The van der Waals surface area contributed by atoms with Gasteiger partial charge in [-0.25, -0.2) is 18.3 Å². The maximum atomic E-state index is 13.7. The van der Waals surface area contributed by atoms with E-state index in [9.17, 15) is 22.4 Å². The molecule has 1 aromatic heterocycles. The number of Topliss-reactive ketones (excluding diaryl/α,β-unsaturated/α-hetero) is 1. The molecule has 0 saturated heterocycles. The summed E-state index contributed by atoms with van der Waals surface area (Å²) in [5, 5.41) is 9.64. The van der Waals surface area contributed by atoms with Crippen LogP contribution >= 0.6 is 0 Å². The largest absolute Gasteiger partial charge is 0.455 e. The summed E-state index contributed by atoms with van der Waals surface area (Å²) in [5.74, 6) is -0.771. The molecule has 0 aliphatic heterocycles. The molecule has 0 spiro atoms. The lowest BCUT2D eigenvalue weighted by atomic mass is 9.97. The van der Waals surface area contributed by atoms with Crippen molar-refractivity contribution in [3.05, 3.63) is 89.2 Å². The number of sulfonamides is 1. The first-order valence-electron chi connectivity index (χ1n) is 15.8. The van der Waals surface area contributed by atoms with E-state index in [4.69, 9.17) is 23.8 Å². The van der Waals surface area contributed by atoms with Crippen LogP contribution in [0.5, 0.6) is 0 Å². The van der Waals surface area contributed by atoms with Gasteiger partial charge in [-0.3, -0.25) is 19.1 Å². The van der Waals surface area contributed by atoms with Crippen molar-refractivity contribution in [1.29, 1.82) is 0 Å². The number of hydrogen-bond donors (Lipinski definition) is 2. The number of nitrogens with one attached hydrogen (secondary N) is 1. The Hall–Kier alpha value is -4.14. The van der Waals surface area contributed by atoms with Crippen LogP contribution in [0.15, 0.2) is 71.1 Å². The van der Waals surface area contributed by atoms with Gasteiger partial charge in [0.25, 0.3) is 5.91 Å². The van der Waals surface area contributed by atoms with Crippen LogP contribution < -0.4 is 9.79 Å². The van der Waals surface area contributed by atoms with Gasteiger partial charge in [0.15, 0.2) is 11.9 Å². The predicted molar refractivity (Wildman–Crippen MR) is 177 cm³/mol. The molecule has 1 amide bonds. The molecule has 1 fully saturated rings. The van der Waals surface area contributed by atoms with Crippen LogP contribution in [0.3, 0.4) is 0 Å². The lowest BCUT2D eigenvalue weighted by Crippen LogP contribution is -2.34. The predicted octanol–water partition coefficient (Wildman–Crippen LogP) is 5.77. The van der Waals surface area contributed by atoms with Gasteiger partial charge in [0.2, 0.25) is 10.0 Å². The smallest absolute Gasteiger partial charge is 0.277 e. The van der Waals surface area contributed by atoms with Crippen LogP contribution in [-0.4, -0.2) is 71.2 Å². The fraction of sp³-hybridized carbons (Fsp3) is 0.371. The minimum Gasteiger partial charge on any atom is -0.455 e. The van der Waals surface area contributed by atoms with Crippen LogP contribution in [0.4, 0.5) is 10.1 Å². The van der Waals surface area contributed by atoms with Crippen molar-refractivity contribution >= 4 is 38.4 Å². The summed E-state index contributed by atoms with van der Waals surface area (Å²) in [6, 6.07) is 18.0. The number of ketones is 1. The van der Waals surface area contributed by atoms with Gasteiger partial charge in [-0.15, -0.1) is 0 Å². The molecule has 13 heteroatoms. The Morgan fingerprint density at radius 2 is 1.67 bits per heavy atom. The van der Waals surface area contributed by atoms with Crippen LogP contribution in [0, 0.1) is 5.82 Å². The molecule has 0 radical (unpaired) electrons. The van der Waals surface area contributed by atoms with Gasteiger partial charge < -0.3 is 18.6 Å². The number of fused-ring (bicyclic) bond motifs is 1. The average Bonchev–Trinajstić information content (AvgIpc) is 3.86. The van der Waals surface area contributed by atoms with Crippen molar-refractivity contribution in [3.63, 3.8) is 0 Å². The molecule has 48 heavy (non-hydrogen) atoms. The van der Waals surface area contributed by atoms with Crippen molar-refractivity contribution < 1.29 is 46.2 Å². The Kier molecular flexibility index (Phi) is 11.6. The highest BCUT2D eigenvalue weighted by atomic mass is 32.2. The van der Waals surface area contributed by atoms with Gasteiger partial charge >= 0.3 is 0 Å². The Bertz CT molecular complexity index is 1820.